The van der Waals surface area contributed by atoms with Gasteiger partial charge in [0.05, 0.1) is 18.8 Å². The number of hydrogen-bond acceptors (Lipinski definition) is 12. The highest BCUT2D eigenvalue weighted by Gasteiger charge is 2.87. The highest BCUT2D eigenvalue weighted by molar-refractivity contribution is 5.66. The summed E-state index contributed by atoms with van der Waals surface area (Å²) < 4.78 is 43.3. The molecule has 9 rings (SSSR count). The minimum Gasteiger partial charge on any atom is -0.462 e. The van der Waals surface area contributed by atoms with Crippen LogP contribution < -0.4 is 0 Å². The lowest BCUT2D eigenvalue weighted by Gasteiger charge is -2.65. The third-order valence-corrected chi connectivity index (χ3v) is 17.1. The fourth-order valence-electron chi connectivity index (χ4n) is 14.9. The maximum Gasteiger partial charge on any atom is 0.303 e. The molecule has 0 aromatic rings. The Morgan fingerprint density at radius 3 is 2.14 bits per heavy atom. The van der Waals surface area contributed by atoms with E-state index in [-0.39, 0.29) is 75.9 Å². The van der Waals surface area contributed by atoms with Crippen molar-refractivity contribution in [2.45, 2.75) is 173 Å². The van der Waals surface area contributed by atoms with Crippen molar-refractivity contribution < 1.29 is 58.1 Å². The lowest BCUT2D eigenvalue weighted by molar-refractivity contribution is -0.346. The molecule has 0 radical (unpaired) electrons. The number of aliphatic hydroxyl groups is 3. The average Bonchev–Trinajstić information content (AvgIpc) is 3.87. The molecule has 12 heteroatoms. The number of carbonyl (C=O) groups is 2. The van der Waals surface area contributed by atoms with Gasteiger partial charge < -0.3 is 48.5 Å². The van der Waals surface area contributed by atoms with Crippen molar-refractivity contribution in [2.75, 3.05) is 6.61 Å². The minimum absolute atomic E-state index is 0.0213. The molecule has 4 aliphatic heterocycles. The Balaban J connectivity index is 0.996. The third-order valence-electron chi connectivity index (χ3n) is 17.1. The first-order valence-electron chi connectivity index (χ1n) is 19.5. The van der Waals surface area contributed by atoms with Crippen LogP contribution >= 0.6 is 0 Å². The molecule has 0 aromatic carbocycles. The highest BCUT2D eigenvalue weighted by atomic mass is 16.8. The van der Waals surface area contributed by atoms with Gasteiger partial charge in [-0.05, 0) is 97.2 Å². The van der Waals surface area contributed by atoms with Gasteiger partial charge in [0.25, 0.3) is 0 Å². The van der Waals surface area contributed by atoms with E-state index in [1.807, 2.05) is 6.92 Å². The molecule has 9 fully saturated rings. The Morgan fingerprint density at radius 1 is 0.784 bits per heavy atom. The van der Waals surface area contributed by atoms with Crippen molar-refractivity contribution in [1.29, 1.82) is 0 Å². The van der Waals surface area contributed by atoms with Crippen LogP contribution in [0, 0.1) is 50.7 Å². The number of epoxide rings is 1. The Hall–Kier alpha value is -1.38. The quantitative estimate of drug-likeness (QED) is 0.220. The van der Waals surface area contributed by atoms with Crippen LogP contribution in [0.1, 0.15) is 107 Å². The second-order valence-corrected chi connectivity index (χ2v) is 19.5. The van der Waals surface area contributed by atoms with Gasteiger partial charge >= 0.3 is 11.9 Å². The fourth-order valence-corrected chi connectivity index (χ4v) is 14.9. The molecule has 51 heavy (non-hydrogen) atoms. The van der Waals surface area contributed by atoms with Crippen LogP contribution in [0.2, 0.25) is 0 Å². The standard InChI is InChI=1S/C39H58O12/c1-18-13-39(31-36(8,50-31)32(44)51-39)49-21-14-34(6)24-10-9-23-33(4,5)25(48-30-29(43)28(42)22(16-45-30)46-19(2)40)11-12-37(23)17-38(24,37)15-26(47-20(3)41)35(34,7)27(18)21/h18,21-32,42-44H,9-17H2,1-8H3/t18-,21+,22-,23+,24+,25+,26-,27+,28+,29-,30+,31+,32-,34+,35-,36-,37-,38+,39-/m1/s1. The summed E-state index contributed by atoms with van der Waals surface area (Å²) in [5.41, 5.74) is -1.34. The van der Waals surface area contributed by atoms with Crippen LogP contribution in [0.4, 0.5) is 0 Å². The van der Waals surface area contributed by atoms with Crippen LogP contribution in [0.25, 0.3) is 0 Å². The molecular formula is C39H58O12. The largest absolute Gasteiger partial charge is 0.462 e. The summed E-state index contributed by atoms with van der Waals surface area (Å²) >= 11 is 0. The molecule has 19 atom stereocenters. The first-order valence-corrected chi connectivity index (χ1v) is 19.5. The van der Waals surface area contributed by atoms with Crippen LogP contribution in [0.15, 0.2) is 0 Å². The number of ether oxygens (including phenoxy) is 7. The first-order chi connectivity index (χ1) is 23.8. The van der Waals surface area contributed by atoms with E-state index in [1.165, 1.54) is 13.8 Å². The second-order valence-electron chi connectivity index (χ2n) is 19.5. The van der Waals surface area contributed by atoms with E-state index >= 15 is 0 Å². The summed E-state index contributed by atoms with van der Waals surface area (Å²) in [7, 11) is 0. The molecule has 3 spiro atoms. The van der Waals surface area contributed by atoms with Gasteiger partial charge in [0, 0.05) is 25.7 Å². The summed E-state index contributed by atoms with van der Waals surface area (Å²) in [5.74, 6) is -0.596. The smallest absolute Gasteiger partial charge is 0.303 e. The van der Waals surface area contributed by atoms with Crippen molar-refractivity contribution in [3.05, 3.63) is 0 Å². The molecule has 12 nitrogen and oxygen atoms in total. The van der Waals surface area contributed by atoms with Gasteiger partial charge in [-0.3, -0.25) is 9.59 Å². The Labute approximate surface area is 300 Å². The van der Waals surface area contributed by atoms with E-state index in [9.17, 15) is 24.9 Å². The summed E-state index contributed by atoms with van der Waals surface area (Å²) in [6.45, 7) is 16.3. The maximum atomic E-state index is 12.9. The van der Waals surface area contributed by atoms with E-state index in [2.05, 4.69) is 34.6 Å². The van der Waals surface area contributed by atoms with Gasteiger partial charge in [-0.1, -0.05) is 34.6 Å². The van der Waals surface area contributed by atoms with E-state index in [1.54, 1.807) is 0 Å². The Morgan fingerprint density at radius 2 is 1.49 bits per heavy atom. The summed E-state index contributed by atoms with van der Waals surface area (Å²) in [6.07, 6.45) is 0.799. The van der Waals surface area contributed by atoms with Crippen molar-refractivity contribution >= 4 is 11.9 Å². The summed E-state index contributed by atoms with van der Waals surface area (Å²) in [4.78, 5) is 24.4. The zero-order valence-corrected chi connectivity index (χ0v) is 31.4. The van der Waals surface area contributed by atoms with Crippen molar-refractivity contribution in [3.8, 4) is 0 Å². The molecule has 286 valence electrons. The van der Waals surface area contributed by atoms with E-state index in [4.69, 9.17) is 33.2 Å². The van der Waals surface area contributed by atoms with Gasteiger partial charge in [-0.2, -0.15) is 0 Å². The van der Waals surface area contributed by atoms with E-state index < -0.39 is 48.2 Å². The monoisotopic (exact) mass is 718 g/mol. The highest BCUT2D eigenvalue weighted by Crippen LogP contribution is 2.89. The molecule has 9 aliphatic rings. The first kappa shape index (κ1) is 35.3. The fraction of sp³-hybridized carbons (Fsp3) is 0.949. The summed E-state index contributed by atoms with van der Waals surface area (Å²) in [5, 5.41) is 32.4. The number of hydrogen-bond donors (Lipinski definition) is 3. The number of fused-ring (bicyclic) bond motifs is 6. The Bertz CT molecular complexity index is 1500. The molecule has 5 saturated carbocycles. The molecule has 0 unspecified atom stereocenters. The molecule has 4 heterocycles. The number of rotatable bonds is 4. The van der Waals surface area contributed by atoms with Gasteiger partial charge in [0.2, 0.25) is 5.79 Å². The summed E-state index contributed by atoms with van der Waals surface area (Å²) in [6, 6.07) is 0. The molecule has 0 bridgehead atoms. The normalized spacial score (nSPS) is 60.1. The number of esters is 2. The zero-order valence-electron chi connectivity index (χ0n) is 31.4. The molecule has 4 saturated heterocycles. The Kier molecular flexibility index (Phi) is 7.40. The lowest BCUT2D eigenvalue weighted by atomic mass is 9.41. The van der Waals surface area contributed by atoms with Crippen molar-refractivity contribution in [1.82, 2.24) is 0 Å². The van der Waals surface area contributed by atoms with Crippen LogP contribution in [-0.4, -0.2) is 101 Å². The zero-order chi connectivity index (χ0) is 36.5. The predicted octanol–water partition coefficient (Wildman–Crippen LogP) is 3.60. The second kappa shape index (κ2) is 10.7. The molecule has 0 aromatic heterocycles. The number of aliphatic hydroxyl groups excluding tert-OH is 3. The minimum atomic E-state index is -1.34. The predicted molar refractivity (Wildman–Crippen MR) is 177 cm³/mol. The van der Waals surface area contributed by atoms with Crippen LogP contribution in [-0.2, 0) is 42.7 Å². The van der Waals surface area contributed by atoms with Gasteiger partial charge in [-0.15, -0.1) is 0 Å². The molecular weight excluding hydrogens is 660 g/mol. The SMILES string of the molecule is CC(=O)O[C@@H]1CO[C@@H](O[C@H]2CC[C@]34C[C@]35C[C@@H](OC(C)=O)[C@]3(C)[C@H]6[C@H](C)C[C@@]7(O[C@H]6C[C@@]3(C)[C@@H]5CC[C@H]4C2(C)C)O[C@@H](O)[C@]2(C)O[C@H]72)[C@H](O)[C@H]1O. The molecule has 0 amide bonds. The third kappa shape index (κ3) is 4.31. The van der Waals surface area contributed by atoms with E-state index in [0.29, 0.717) is 18.3 Å². The van der Waals surface area contributed by atoms with Gasteiger partial charge in [0.1, 0.15) is 30.0 Å². The van der Waals surface area contributed by atoms with Gasteiger partial charge in [0.15, 0.2) is 18.7 Å². The van der Waals surface area contributed by atoms with E-state index in [0.717, 1.165) is 44.9 Å². The van der Waals surface area contributed by atoms with Crippen LogP contribution in [0.5, 0.6) is 0 Å². The topological polar surface area (TPSA) is 163 Å². The van der Waals surface area contributed by atoms with Crippen molar-refractivity contribution in [2.24, 2.45) is 50.7 Å². The van der Waals surface area contributed by atoms with Gasteiger partial charge in [-0.25, -0.2) is 0 Å². The average molecular weight is 719 g/mol. The lowest BCUT2D eigenvalue weighted by Crippen LogP contribution is -2.64. The maximum absolute atomic E-state index is 12.9. The molecule has 5 aliphatic carbocycles. The number of carbonyl (C=O) groups excluding carboxylic acids is 2. The van der Waals surface area contributed by atoms with Crippen LogP contribution in [0.3, 0.4) is 0 Å². The molecule has 3 N–H and O–H groups in total. The van der Waals surface area contributed by atoms with Crippen molar-refractivity contribution in [3.63, 3.8) is 0 Å².